The first kappa shape index (κ1) is 17.9. The highest BCUT2D eigenvalue weighted by Gasteiger charge is 2.59. The predicted octanol–water partition coefficient (Wildman–Crippen LogP) is 4.44. The van der Waals surface area contributed by atoms with E-state index < -0.39 is 22.0 Å². The van der Waals surface area contributed by atoms with Crippen LogP contribution in [0.2, 0.25) is 5.02 Å². The van der Waals surface area contributed by atoms with Gasteiger partial charge in [-0.15, -0.1) is 0 Å². The second-order valence-electron chi connectivity index (χ2n) is 6.05. The number of benzene rings is 1. The Morgan fingerprint density at radius 1 is 1.36 bits per heavy atom. The molecular formula is C15H16BrClF3O2. The Morgan fingerprint density at radius 2 is 1.95 bits per heavy atom. The van der Waals surface area contributed by atoms with Crippen molar-refractivity contribution in [2.45, 2.75) is 42.3 Å². The van der Waals surface area contributed by atoms with Gasteiger partial charge in [0.1, 0.15) is 5.75 Å². The fourth-order valence-electron chi connectivity index (χ4n) is 2.63. The molecule has 0 spiro atoms. The molecule has 1 heterocycles. The lowest BCUT2D eigenvalue weighted by atomic mass is 9.74. The van der Waals surface area contributed by atoms with Gasteiger partial charge in [-0.25, -0.2) is 0 Å². The minimum Gasteiger partial charge on any atom is -0.493 e. The van der Waals surface area contributed by atoms with Crippen LogP contribution in [-0.2, 0) is 11.8 Å². The molecule has 1 N–H and O–H groups in total. The van der Waals surface area contributed by atoms with Gasteiger partial charge < -0.3 is 9.84 Å². The highest BCUT2D eigenvalue weighted by atomic mass is 79.9. The molecule has 7 heteroatoms. The molecule has 1 aromatic rings. The Labute approximate surface area is 140 Å². The number of halogens is 5. The third kappa shape index (κ3) is 2.85. The van der Waals surface area contributed by atoms with Crippen LogP contribution in [0.4, 0.5) is 13.2 Å². The van der Waals surface area contributed by atoms with Crippen LogP contribution in [0.15, 0.2) is 12.1 Å². The van der Waals surface area contributed by atoms with Crippen LogP contribution in [-0.4, -0.2) is 28.3 Å². The van der Waals surface area contributed by atoms with Gasteiger partial charge in [0.25, 0.3) is 0 Å². The molecule has 0 aliphatic carbocycles. The first-order valence-corrected chi connectivity index (χ1v) is 7.92. The molecule has 2 unspecified atom stereocenters. The van der Waals surface area contributed by atoms with E-state index in [1.807, 2.05) is 0 Å². The van der Waals surface area contributed by atoms with Gasteiger partial charge in [-0.3, -0.25) is 0 Å². The van der Waals surface area contributed by atoms with Crippen molar-refractivity contribution in [2.75, 3.05) is 6.61 Å². The Hall–Kier alpha value is -0.460. The van der Waals surface area contributed by atoms with Gasteiger partial charge in [0.15, 0.2) is 5.60 Å². The summed E-state index contributed by atoms with van der Waals surface area (Å²) >= 11 is 9.07. The molecular weight excluding hydrogens is 385 g/mol. The summed E-state index contributed by atoms with van der Waals surface area (Å²) in [6.07, 6.45) is -4.22. The fourth-order valence-corrected chi connectivity index (χ4v) is 3.37. The smallest absolute Gasteiger partial charge is 0.418 e. The zero-order chi connectivity index (χ0) is 16.9. The fraction of sp³-hybridized carbons (Fsp3) is 0.533. The van der Waals surface area contributed by atoms with Gasteiger partial charge in [-0.05, 0) is 24.6 Å². The lowest BCUT2D eigenvalue weighted by Gasteiger charge is -2.41. The molecule has 123 valence electrons. The molecule has 1 aliphatic heterocycles. The molecule has 0 bridgehead atoms. The van der Waals surface area contributed by atoms with Crippen LogP contribution >= 0.6 is 27.5 Å². The van der Waals surface area contributed by atoms with E-state index in [0.29, 0.717) is 29.4 Å². The largest absolute Gasteiger partial charge is 0.493 e. The number of aliphatic hydroxyl groups is 1. The molecule has 2 rings (SSSR count). The van der Waals surface area contributed by atoms with Crippen LogP contribution in [0, 0.1) is 6.92 Å². The normalized spacial score (nSPS) is 19.3. The van der Waals surface area contributed by atoms with Gasteiger partial charge in [0.05, 0.1) is 11.4 Å². The first-order valence-electron chi connectivity index (χ1n) is 6.63. The maximum atomic E-state index is 13.1. The van der Waals surface area contributed by atoms with Crippen molar-refractivity contribution in [3.8, 4) is 5.75 Å². The van der Waals surface area contributed by atoms with E-state index in [0.717, 1.165) is 5.56 Å². The molecule has 1 radical (unpaired) electrons. The summed E-state index contributed by atoms with van der Waals surface area (Å²) in [7, 11) is 0. The van der Waals surface area contributed by atoms with Gasteiger partial charge in [0.2, 0.25) is 0 Å². The Balaban J connectivity index is 2.52. The summed E-state index contributed by atoms with van der Waals surface area (Å²) in [4.78, 5) is -1.39. The SMILES string of the molecule is [CH2]C(O)(C(Br)C(C)(C)c1cc(Cl)cc2c1OCC2)C(F)(F)F. The topological polar surface area (TPSA) is 29.5 Å². The van der Waals surface area contributed by atoms with Gasteiger partial charge in [0, 0.05) is 22.4 Å². The predicted molar refractivity (Wildman–Crippen MR) is 82.8 cm³/mol. The summed E-state index contributed by atoms with van der Waals surface area (Å²) in [6, 6.07) is 3.32. The Bertz CT molecular complexity index is 585. The van der Waals surface area contributed by atoms with E-state index >= 15 is 0 Å². The third-order valence-corrected chi connectivity index (χ3v) is 6.11. The molecule has 1 aromatic carbocycles. The first-order chi connectivity index (χ1) is 9.89. The number of ether oxygens (including phenoxy) is 1. The van der Waals surface area contributed by atoms with E-state index in [4.69, 9.17) is 16.3 Å². The van der Waals surface area contributed by atoms with E-state index in [-0.39, 0.29) is 0 Å². The lowest BCUT2D eigenvalue weighted by Crippen LogP contribution is -2.56. The summed E-state index contributed by atoms with van der Waals surface area (Å²) in [5.74, 6) is 0.539. The standard InChI is InChI=1S/C15H16BrClF3O2/c1-13(2,12(16)14(3,21)15(18,19)20)10-7-9(17)6-8-4-5-22-11(8)10/h6-7,12,21H,3-5H2,1-2H3. The summed E-state index contributed by atoms with van der Waals surface area (Å²) in [6.45, 7) is 6.59. The minimum absolute atomic E-state index is 0.423. The van der Waals surface area contributed by atoms with Crippen molar-refractivity contribution >= 4 is 27.5 Å². The molecule has 2 nitrogen and oxygen atoms in total. The van der Waals surface area contributed by atoms with Crippen molar-refractivity contribution in [2.24, 2.45) is 0 Å². The number of fused-ring (bicyclic) bond motifs is 1. The third-order valence-electron chi connectivity index (χ3n) is 3.99. The van der Waals surface area contributed by atoms with E-state index in [2.05, 4.69) is 22.9 Å². The molecule has 0 fully saturated rings. The zero-order valence-electron chi connectivity index (χ0n) is 12.1. The number of hydrogen-bond donors (Lipinski definition) is 1. The number of alkyl halides is 4. The van der Waals surface area contributed by atoms with Crippen LogP contribution in [0.5, 0.6) is 5.75 Å². The molecule has 22 heavy (non-hydrogen) atoms. The van der Waals surface area contributed by atoms with E-state index in [1.54, 1.807) is 26.0 Å². The van der Waals surface area contributed by atoms with Crippen LogP contribution in [0.1, 0.15) is 25.0 Å². The zero-order valence-corrected chi connectivity index (χ0v) is 14.4. The highest BCUT2D eigenvalue weighted by Crippen LogP contribution is 2.49. The summed E-state index contributed by atoms with van der Waals surface area (Å²) < 4.78 is 44.8. The maximum Gasteiger partial charge on any atom is 0.418 e. The lowest BCUT2D eigenvalue weighted by molar-refractivity contribution is -0.243. The summed E-state index contributed by atoms with van der Waals surface area (Å²) in [5.41, 5.74) is -2.90. The Kier molecular flexibility index (Phi) is 4.52. The molecule has 0 amide bonds. The van der Waals surface area contributed by atoms with Crippen molar-refractivity contribution in [3.63, 3.8) is 0 Å². The highest BCUT2D eigenvalue weighted by molar-refractivity contribution is 9.09. The second-order valence-corrected chi connectivity index (χ2v) is 7.40. The van der Waals surface area contributed by atoms with Crippen molar-refractivity contribution in [1.82, 2.24) is 0 Å². The quantitative estimate of drug-likeness (QED) is 0.760. The molecule has 1 aliphatic rings. The van der Waals surface area contributed by atoms with Gasteiger partial charge >= 0.3 is 6.18 Å². The number of rotatable bonds is 3. The van der Waals surface area contributed by atoms with Crippen LogP contribution < -0.4 is 4.74 Å². The van der Waals surface area contributed by atoms with Gasteiger partial charge in [-0.2, -0.15) is 13.2 Å². The van der Waals surface area contributed by atoms with Gasteiger partial charge in [-0.1, -0.05) is 41.4 Å². The second kappa shape index (κ2) is 5.56. The van der Waals surface area contributed by atoms with Crippen molar-refractivity contribution in [3.05, 3.63) is 35.2 Å². The average molecular weight is 401 g/mol. The monoisotopic (exact) mass is 399 g/mol. The van der Waals surface area contributed by atoms with Crippen molar-refractivity contribution in [1.29, 1.82) is 0 Å². The number of hydrogen-bond acceptors (Lipinski definition) is 2. The maximum absolute atomic E-state index is 13.1. The van der Waals surface area contributed by atoms with Crippen LogP contribution in [0.25, 0.3) is 0 Å². The van der Waals surface area contributed by atoms with Crippen molar-refractivity contribution < 1.29 is 23.0 Å². The average Bonchev–Trinajstić information content (AvgIpc) is 2.82. The molecule has 2 atom stereocenters. The molecule has 0 saturated heterocycles. The van der Waals surface area contributed by atoms with E-state index in [1.165, 1.54) is 0 Å². The summed E-state index contributed by atoms with van der Waals surface area (Å²) in [5, 5.41) is 10.3. The molecule has 0 saturated carbocycles. The van der Waals surface area contributed by atoms with Crippen LogP contribution in [0.3, 0.4) is 0 Å². The minimum atomic E-state index is -4.87. The molecule has 0 aromatic heterocycles. The van der Waals surface area contributed by atoms with E-state index in [9.17, 15) is 18.3 Å². The Morgan fingerprint density at radius 3 is 2.50 bits per heavy atom.